The van der Waals surface area contributed by atoms with Crippen molar-refractivity contribution in [3.63, 3.8) is 0 Å². The Morgan fingerprint density at radius 3 is 2.59 bits per heavy atom. The molecule has 1 aliphatic carbocycles. The Balaban J connectivity index is 1.63. The molecule has 0 amide bonds. The molecule has 5 rings (SSSR count). The summed E-state index contributed by atoms with van der Waals surface area (Å²) in [5.74, 6) is 2.54. The summed E-state index contributed by atoms with van der Waals surface area (Å²) in [5.41, 5.74) is 8.69. The molecule has 0 radical (unpaired) electrons. The molecule has 1 aromatic heterocycles. The molecule has 3 aliphatic rings. The average Bonchev–Trinajstić information content (AvgIpc) is 2.98. The molecule has 0 N–H and O–H groups in total. The number of methoxy groups -OCH3 is 1. The normalized spacial score (nSPS) is 26.2. The van der Waals surface area contributed by atoms with Crippen LogP contribution in [0.1, 0.15) is 93.0 Å². The first-order valence-corrected chi connectivity index (χ1v) is 14.9. The Morgan fingerprint density at radius 2 is 1.87 bits per heavy atom. The van der Waals surface area contributed by atoms with Crippen LogP contribution in [-0.2, 0) is 11.3 Å². The Morgan fingerprint density at radius 1 is 1.10 bits per heavy atom. The highest BCUT2D eigenvalue weighted by molar-refractivity contribution is 6.10. The van der Waals surface area contributed by atoms with Crippen LogP contribution < -0.4 is 4.57 Å². The zero-order chi connectivity index (χ0) is 27.5. The second-order valence-corrected chi connectivity index (χ2v) is 11.8. The maximum absolute atomic E-state index is 5.83. The van der Waals surface area contributed by atoms with Crippen LogP contribution in [0.15, 0.2) is 90.8 Å². The quantitative estimate of drug-likeness (QED) is 0.213. The lowest BCUT2D eigenvalue weighted by molar-refractivity contribution is -0.704. The highest BCUT2D eigenvalue weighted by Crippen LogP contribution is 2.42. The SMILES string of the molecule is C=CC1=NC2C(C=C)C[n+]3ccc(C(C)C4CCCCC4)cc3/C(C(=C)OC)=C(/C)CCC2c2ccccc21. The van der Waals surface area contributed by atoms with Gasteiger partial charge in [0.1, 0.15) is 5.76 Å². The number of benzene rings is 1. The average molecular weight is 522 g/mol. The van der Waals surface area contributed by atoms with Gasteiger partial charge in [0.05, 0.1) is 30.4 Å². The van der Waals surface area contributed by atoms with E-state index in [9.17, 15) is 0 Å². The Bertz CT molecular complexity index is 1310. The van der Waals surface area contributed by atoms with Crippen molar-refractivity contribution in [1.29, 1.82) is 0 Å². The van der Waals surface area contributed by atoms with E-state index in [1.54, 1.807) is 7.11 Å². The van der Waals surface area contributed by atoms with Gasteiger partial charge in [-0.1, -0.05) is 75.3 Å². The number of aromatic nitrogens is 1. The van der Waals surface area contributed by atoms with Gasteiger partial charge in [-0.25, -0.2) is 0 Å². The molecule has 0 spiro atoms. The van der Waals surface area contributed by atoms with E-state index in [-0.39, 0.29) is 12.0 Å². The fourth-order valence-corrected chi connectivity index (χ4v) is 7.30. The molecule has 2 aliphatic heterocycles. The molecule has 1 saturated carbocycles. The standard InChI is InChI=1S/C36H45N2O/c1-7-27-23-38-21-20-29(25(4)28-14-10-9-11-15-28)22-34(38)35(26(5)39-6)24(3)18-19-32-30-16-12-13-17-31(30)33(8-2)37-36(27)32/h7-8,12-13,16-17,20-22,25,27-28,32,36H,1-2,5,9-11,14-15,18-19,23H2,3-4,6H3/q+1/b35-24-. The zero-order valence-corrected chi connectivity index (χ0v) is 24.2. The first-order chi connectivity index (χ1) is 19.0. The molecule has 39 heavy (non-hydrogen) atoms. The summed E-state index contributed by atoms with van der Waals surface area (Å²) in [5, 5.41) is 0. The molecule has 4 unspecified atom stereocenters. The summed E-state index contributed by atoms with van der Waals surface area (Å²) >= 11 is 0. The molecule has 1 aromatic carbocycles. The van der Waals surface area contributed by atoms with Crippen LogP contribution in [0.25, 0.3) is 5.57 Å². The van der Waals surface area contributed by atoms with Crippen molar-refractivity contribution in [2.45, 2.75) is 83.2 Å². The maximum Gasteiger partial charge on any atom is 0.216 e. The largest absolute Gasteiger partial charge is 0.496 e. The second-order valence-electron chi connectivity index (χ2n) is 11.8. The number of aliphatic imine (C=N–C) groups is 1. The zero-order valence-electron chi connectivity index (χ0n) is 24.2. The first kappa shape index (κ1) is 27.4. The summed E-state index contributed by atoms with van der Waals surface area (Å²) in [6, 6.07) is 13.6. The molecular weight excluding hydrogens is 476 g/mol. The Kier molecular flexibility index (Phi) is 8.35. The number of rotatable bonds is 6. The van der Waals surface area contributed by atoms with Crippen molar-refractivity contribution < 1.29 is 9.30 Å². The van der Waals surface area contributed by atoms with E-state index < -0.39 is 0 Å². The molecule has 3 heteroatoms. The van der Waals surface area contributed by atoms with Crippen molar-refractivity contribution in [3.8, 4) is 0 Å². The Hall–Kier alpha value is -3.20. The molecule has 0 saturated heterocycles. The molecule has 0 bridgehead atoms. The molecule has 3 nitrogen and oxygen atoms in total. The lowest BCUT2D eigenvalue weighted by Gasteiger charge is -2.35. The van der Waals surface area contributed by atoms with Crippen LogP contribution in [0, 0.1) is 11.8 Å². The van der Waals surface area contributed by atoms with Gasteiger partial charge in [-0.3, -0.25) is 4.99 Å². The van der Waals surface area contributed by atoms with E-state index in [0.29, 0.717) is 11.8 Å². The van der Waals surface area contributed by atoms with Gasteiger partial charge in [0.2, 0.25) is 5.69 Å². The topological polar surface area (TPSA) is 25.5 Å². The number of nitrogens with zero attached hydrogens (tertiary/aromatic N) is 2. The smallest absolute Gasteiger partial charge is 0.216 e. The van der Waals surface area contributed by atoms with Crippen molar-refractivity contribution >= 4 is 11.3 Å². The van der Waals surface area contributed by atoms with Gasteiger partial charge in [0, 0.05) is 23.6 Å². The summed E-state index contributed by atoms with van der Waals surface area (Å²) in [4.78, 5) is 5.32. The number of pyridine rings is 1. The molecule has 204 valence electrons. The summed E-state index contributed by atoms with van der Waals surface area (Å²) in [6.07, 6.45) is 15.1. The fourth-order valence-electron chi connectivity index (χ4n) is 7.30. The van der Waals surface area contributed by atoms with E-state index in [2.05, 4.69) is 86.8 Å². The predicted molar refractivity (Wildman–Crippen MR) is 163 cm³/mol. The van der Waals surface area contributed by atoms with Crippen LogP contribution in [0.3, 0.4) is 0 Å². The molecule has 1 fully saturated rings. The van der Waals surface area contributed by atoms with E-state index in [4.69, 9.17) is 9.73 Å². The highest BCUT2D eigenvalue weighted by Gasteiger charge is 2.38. The van der Waals surface area contributed by atoms with Crippen LogP contribution in [0.5, 0.6) is 0 Å². The number of allylic oxidation sites excluding steroid dienone is 3. The minimum atomic E-state index is 0.117. The summed E-state index contributed by atoms with van der Waals surface area (Å²) < 4.78 is 8.23. The molecular formula is C36H45N2O+. The van der Waals surface area contributed by atoms with Gasteiger partial charge in [0.25, 0.3) is 0 Å². The number of ether oxygens (including phenoxy) is 1. The third kappa shape index (κ3) is 5.33. The van der Waals surface area contributed by atoms with Gasteiger partial charge < -0.3 is 4.74 Å². The lowest BCUT2D eigenvalue weighted by Crippen LogP contribution is -2.46. The van der Waals surface area contributed by atoms with E-state index in [1.807, 2.05) is 6.08 Å². The molecule has 2 aromatic rings. The van der Waals surface area contributed by atoms with Gasteiger partial charge in [-0.05, 0) is 61.6 Å². The number of hydrogen-bond acceptors (Lipinski definition) is 2. The summed E-state index contributed by atoms with van der Waals surface area (Å²) in [6.45, 7) is 18.3. The minimum absolute atomic E-state index is 0.117. The fraction of sp³-hybridized carbons (Fsp3) is 0.444. The van der Waals surface area contributed by atoms with Crippen LogP contribution in [0.2, 0.25) is 0 Å². The third-order valence-corrected chi connectivity index (χ3v) is 9.66. The maximum atomic E-state index is 5.83. The predicted octanol–water partition coefficient (Wildman–Crippen LogP) is 8.33. The van der Waals surface area contributed by atoms with Crippen LogP contribution in [0.4, 0.5) is 0 Å². The van der Waals surface area contributed by atoms with Crippen LogP contribution >= 0.6 is 0 Å². The van der Waals surface area contributed by atoms with E-state index in [1.165, 1.54) is 60.1 Å². The van der Waals surface area contributed by atoms with E-state index in [0.717, 1.165) is 42.3 Å². The van der Waals surface area contributed by atoms with E-state index >= 15 is 0 Å². The van der Waals surface area contributed by atoms with Crippen molar-refractivity contribution in [3.05, 3.63) is 108 Å². The molecule has 4 atom stereocenters. The molecule has 3 heterocycles. The van der Waals surface area contributed by atoms with Gasteiger partial charge in [-0.2, -0.15) is 4.57 Å². The second kappa shape index (κ2) is 11.9. The van der Waals surface area contributed by atoms with Crippen molar-refractivity contribution in [2.75, 3.05) is 7.11 Å². The first-order valence-electron chi connectivity index (χ1n) is 14.9. The Labute approximate surface area is 235 Å². The number of hydrogen-bond donors (Lipinski definition) is 0. The van der Waals surface area contributed by atoms with Crippen molar-refractivity contribution in [2.24, 2.45) is 16.8 Å². The number of fused-ring (bicyclic) bond motifs is 4. The van der Waals surface area contributed by atoms with Gasteiger partial charge in [-0.15, -0.1) is 6.58 Å². The monoisotopic (exact) mass is 521 g/mol. The minimum Gasteiger partial charge on any atom is -0.496 e. The van der Waals surface area contributed by atoms with Crippen molar-refractivity contribution in [1.82, 2.24) is 0 Å². The third-order valence-electron chi connectivity index (χ3n) is 9.66. The summed E-state index contributed by atoms with van der Waals surface area (Å²) in [7, 11) is 1.74. The lowest BCUT2D eigenvalue weighted by atomic mass is 9.75. The van der Waals surface area contributed by atoms with Crippen LogP contribution in [-0.4, -0.2) is 18.9 Å². The van der Waals surface area contributed by atoms with Gasteiger partial charge >= 0.3 is 0 Å². The highest BCUT2D eigenvalue weighted by atomic mass is 16.5. The van der Waals surface area contributed by atoms with Gasteiger partial charge in [0.15, 0.2) is 12.7 Å².